The van der Waals surface area contributed by atoms with Crippen LogP contribution >= 0.6 is 7.82 Å². The minimum absolute atomic E-state index is 0.0908. The van der Waals surface area contributed by atoms with Gasteiger partial charge in [-0.1, -0.05) is 12.1 Å². The zero-order chi connectivity index (χ0) is 24.6. The molecule has 0 bridgehead atoms. The van der Waals surface area contributed by atoms with Gasteiger partial charge < -0.3 is 29.5 Å². The van der Waals surface area contributed by atoms with Crippen molar-refractivity contribution >= 4 is 30.8 Å². The summed E-state index contributed by atoms with van der Waals surface area (Å²) in [6.45, 7) is -0.708. The van der Waals surface area contributed by atoms with Crippen LogP contribution in [-0.2, 0) is 13.8 Å². The van der Waals surface area contributed by atoms with Gasteiger partial charge in [0, 0.05) is 0 Å². The van der Waals surface area contributed by atoms with Crippen molar-refractivity contribution in [1.29, 1.82) is 0 Å². The number of carbonyl (C=O) groups is 1. The van der Waals surface area contributed by atoms with Crippen LogP contribution in [0.15, 0.2) is 35.4 Å². The molecule has 34 heavy (non-hydrogen) atoms. The number of hydrogen-bond donors (Lipinski definition) is 6. The summed E-state index contributed by atoms with van der Waals surface area (Å²) >= 11 is 0. The predicted molar refractivity (Wildman–Crippen MR) is 113 cm³/mol. The molecular formula is C18H20N5O10P. The molecule has 1 fully saturated rings. The number of aliphatic hydroxyl groups excluding tert-OH is 2. The number of imidazole rings is 1. The first kappa shape index (κ1) is 24.0. The monoisotopic (exact) mass is 497 g/mol. The molecular weight excluding hydrogens is 477 g/mol. The van der Waals surface area contributed by atoms with Gasteiger partial charge in [-0.25, -0.2) is 9.55 Å². The summed E-state index contributed by atoms with van der Waals surface area (Å²) in [6, 6.07) is 6.40. The van der Waals surface area contributed by atoms with Gasteiger partial charge in [0.2, 0.25) is 5.95 Å². The summed E-state index contributed by atoms with van der Waals surface area (Å²) in [7, 11) is -3.44. The van der Waals surface area contributed by atoms with E-state index in [-0.39, 0.29) is 22.7 Å². The Labute approximate surface area is 190 Å². The van der Waals surface area contributed by atoms with Crippen LogP contribution in [0.5, 0.6) is 5.75 Å². The second-order valence-electron chi connectivity index (χ2n) is 7.23. The average Bonchev–Trinajstić information content (AvgIpc) is 3.33. The quantitative estimate of drug-likeness (QED) is 0.219. The third kappa shape index (κ3) is 4.71. The summed E-state index contributed by atoms with van der Waals surface area (Å²) in [5, 5.41) is 23.1. The number of hydrogen-bond acceptors (Lipinski definition) is 10. The molecule has 16 heteroatoms. The molecule has 15 nitrogen and oxygen atoms in total. The van der Waals surface area contributed by atoms with Crippen molar-refractivity contribution in [2.24, 2.45) is 0 Å². The number of carbonyl (C=O) groups excluding carboxylic acids is 1. The molecule has 182 valence electrons. The number of benzene rings is 1. The average molecular weight is 497 g/mol. The lowest BCUT2D eigenvalue weighted by atomic mass is 10.1. The SMILES string of the molecule is COc1ccccc1C(=O)Nc1nc2c(ncn2[C@@H]2O[C@H](COP(=O)(O)O)[C@H](O)[C@H]2O)c(=O)[nH]1. The second kappa shape index (κ2) is 9.23. The summed E-state index contributed by atoms with van der Waals surface area (Å²) in [5.41, 5.74) is -0.748. The van der Waals surface area contributed by atoms with Crippen LogP contribution in [0.2, 0.25) is 0 Å². The van der Waals surface area contributed by atoms with Gasteiger partial charge in [0.1, 0.15) is 24.1 Å². The fourth-order valence-corrected chi connectivity index (χ4v) is 3.79. The fraction of sp³-hybridized carbons (Fsp3) is 0.333. The van der Waals surface area contributed by atoms with E-state index in [2.05, 4.69) is 24.8 Å². The highest BCUT2D eigenvalue weighted by atomic mass is 31.2. The van der Waals surface area contributed by atoms with Crippen LogP contribution in [0, 0.1) is 0 Å². The molecule has 1 aliphatic heterocycles. The molecule has 1 aromatic carbocycles. The van der Waals surface area contributed by atoms with Crippen molar-refractivity contribution in [3.63, 3.8) is 0 Å². The van der Waals surface area contributed by atoms with Crippen LogP contribution in [0.4, 0.5) is 5.95 Å². The largest absolute Gasteiger partial charge is 0.496 e. The molecule has 0 radical (unpaired) electrons. The summed E-state index contributed by atoms with van der Waals surface area (Å²) < 4.78 is 27.1. The van der Waals surface area contributed by atoms with E-state index < -0.39 is 50.4 Å². The number of fused-ring (bicyclic) bond motifs is 1. The Bertz CT molecular complexity index is 1320. The van der Waals surface area contributed by atoms with Gasteiger partial charge in [-0.15, -0.1) is 0 Å². The Kier molecular flexibility index (Phi) is 6.51. The molecule has 6 N–H and O–H groups in total. The van der Waals surface area contributed by atoms with Gasteiger partial charge in [-0.3, -0.25) is 29.0 Å². The standard InChI is InChI=1S/C18H20N5O10P/c1-31-9-5-3-2-4-8(9)15(26)21-18-20-14-11(16(27)22-18)19-7-23(14)17-13(25)12(24)10(33-17)6-32-34(28,29)30/h2-5,7,10,12-13,17,24-25H,6H2,1H3,(H2,28,29,30)(H2,20,21,22,26,27)/t10-,12+,13-,17-/m1/s1. The highest BCUT2D eigenvalue weighted by Crippen LogP contribution is 2.38. The Hall–Kier alpha value is -3.17. The third-order valence-corrected chi connectivity index (χ3v) is 5.52. The minimum atomic E-state index is -4.84. The molecule has 1 amide bonds. The Balaban J connectivity index is 1.62. The highest BCUT2D eigenvalue weighted by molar-refractivity contribution is 7.46. The van der Waals surface area contributed by atoms with Gasteiger partial charge in [-0.05, 0) is 12.1 Å². The zero-order valence-corrected chi connectivity index (χ0v) is 18.3. The number of rotatable bonds is 7. The number of H-pyrrole nitrogens is 1. The predicted octanol–water partition coefficient (Wildman–Crippen LogP) is -0.891. The molecule has 1 saturated heterocycles. The number of para-hydroxylation sites is 1. The number of anilines is 1. The number of aliphatic hydroxyl groups is 2. The number of nitrogens with zero attached hydrogens (tertiary/aromatic N) is 3. The number of aromatic nitrogens is 4. The van der Waals surface area contributed by atoms with Crippen molar-refractivity contribution in [3.05, 3.63) is 46.5 Å². The van der Waals surface area contributed by atoms with E-state index in [9.17, 15) is 24.4 Å². The summed E-state index contributed by atoms with van der Waals surface area (Å²) in [6.07, 6.45) is -4.63. The fourth-order valence-electron chi connectivity index (χ4n) is 3.45. The normalized spacial score (nSPS) is 22.7. The number of nitrogens with one attached hydrogen (secondary N) is 2. The van der Waals surface area contributed by atoms with Gasteiger partial charge in [0.25, 0.3) is 11.5 Å². The van der Waals surface area contributed by atoms with E-state index in [1.54, 1.807) is 18.2 Å². The van der Waals surface area contributed by atoms with E-state index >= 15 is 0 Å². The Morgan fingerprint density at radius 1 is 1.29 bits per heavy atom. The van der Waals surface area contributed by atoms with Crippen molar-refractivity contribution in [1.82, 2.24) is 19.5 Å². The number of methoxy groups -OCH3 is 1. The first-order chi connectivity index (χ1) is 16.1. The number of phosphoric ester groups is 1. The summed E-state index contributed by atoms with van der Waals surface area (Å²) in [5.74, 6) is -0.550. The van der Waals surface area contributed by atoms with Crippen LogP contribution in [0.3, 0.4) is 0 Å². The van der Waals surface area contributed by atoms with Crippen molar-refractivity contribution in [2.75, 3.05) is 19.0 Å². The second-order valence-corrected chi connectivity index (χ2v) is 8.46. The third-order valence-electron chi connectivity index (χ3n) is 5.03. The molecule has 3 aromatic rings. The van der Waals surface area contributed by atoms with Crippen molar-refractivity contribution in [2.45, 2.75) is 24.5 Å². The first-order valence-corrected chi connectivity index (χ1v) is 11.2. The van der Waals surface area contributed by atoms with Crippen molar-refractivity contribution < 1.29 is 43.4 Å². The number of aromatic amines is 1. The molecule has 0 saturated carbocycles. The lowest BCUT2D eigenvalue weighted by Crippen LogP contribution is -2.33. The Morgan fingerprint density at radius 2 is 2.03 bits per heavy atom. The highest BCUT2D eigenvalue weighted by Gasteiger charge is 2.45. The molecule has 1 aliphatic rings. The molecule has 4 atom stereocenters. The smallest absolute Gasteiger partial charge is 0.469 e. The van der Waals surface area contributed by atoms with Gasteiger partial charge in [0.05, 0.1) is 25.6 Å². The molecule has 0 unspecified atom stereocenters. The maximum Gasteiger partial charge on any atom is 0.469 e. The number of ether oxygens (including phenoxy) is 2. The van der Waals surface area contributed by atoms with E-state index in [0.29, 0.717) is 5.75 Å². The van der Waals surface area contributed by atoms with Crippen LogP contribution < -0.4 is 15.6 Å². The van der Waals surface area contributed by atoms with Crippen LogP contribution in [-0.4, -0.2) is 77.5 Å². The zero-order valence-electron chi connectivity index (χ0n) is 17.4. The molecule has 0 spiro atoms. The van der Waals surface area contributed by atoms with E-state index in [1.165, 1.54) is 13.2 Å². The minimum Gasteiger partial charge on any atom is -0.496 e. The maximum absolute atomic E-state index is 12.7. The van der Waals surface area contributed by atoms with E-state index in [0.717, 1.165) is 10.9 Å². The Morgan fingerprint density at radius 3 is 2.74 bits per heavy atom. The topological polar surface area (TPSA) is 218 Å². The molecule has 4 rings (SSSR count). The molecule has 0 aliphatic carbocycles. The van der Waals surface area contributed by atoms with E-state index in [4.69, 9.17) is 19.3 Å². The first-order valence-electron chi connectivity index (χ1n) is 9.72. The summed E-state index contributed by atoms with van der Waals surface area (Å²) in [4.78, 5) is 53.3. The van der Waals surface area contributed by atoms with E-state index in [1.807, 2.05) is 0 Å². The molecule has 2 aromatic heterocycles. The number of amides is 1. The lowest BCUT2D eigenvalue weighted by molar-refractivity contribution is -0.0503. The van der Waals surface area contributed by atoms with Crippen LogP contribution in [0.25, 0.3) is 11.2 Å². The van der Waals surface area contributed by atoms with Gasteiger partial charge >= 0.3 is 7.82 Å². The van der Waals surface area contributed by atoms with Crippen LogP contribution in [0.1, 0.15) is 16.6 Å². The van der Waals surface area contributed by atoms with Gasteiger partial charge in [0.15, 0.2) is 17.4 Å². The maximum atomic E-state index is 12.7. The molecule has 3 heterocycles. The van der Waals surface area contributed by atoms with Gasteiger partial charge in [-0.2, -0.15) is 4.98 Å². The lowest BCUT2D eigenvalue weighted by Gasteiger charge is -2.16. The van der Waals surface area contributed by atoms with Crippen molar-refractivity contribution in [3.8, 4) is 5.75 Å². The number of phosphoric acid groups is 1.